The summed E-state index contributed by atoms with van der Waals surface area (Å²) < 4.78 is 11.3. The first-order valence-corrected chi connectivity index (χ1v) is 9.55. The van der Waals surface area contributed by atoms with Crippen LogP contribution in [0.15, 0.2) is 0 Å². The van der Waals surface area contributed by atoms with Gasteiger partial charge >= 0.3 is 11.9 Å². The molecule has 1 aliphatic carbocycles. The summed E-state index contributed by atoms with van der Waals surface area (Å²) in [6.45, 7) is 5.49. The van der Waals surface area contributed by atoms with Crippen molar-refractivity contribution < 1.29 is 19.1 Å². The number of rotatable bonds is 4. The Hall–Kier alpha value is -1.10. The van der Waals surface area contributed by atoms with Crippen LogP contribution in [0.5, 0.6) is 0 Å². The van der Waals surface area contributed by atoms with Crippen molar-refractivity contribution in [3.8, 4) is 0 Å². The molecule has 0 aromatic carbocycles. The van der Waals surface area contributed by atoms with Crippen LogP contribution in [0.25, 0.3) is 0 Å². The molecule has 2 aliphatic rings. The molecule has 1 saturated carbocycles. The van der Waals surface area contributed by atoms with Crippen molar-refractivity contribution in [2.75, 3.05) is 0 Å². The first-order valence-electron chi connectivity index (χ1n) is 9.55. The van der Waals surface area contributed by atoms with Gasteiger partial charge in [0.2, 0.25) is 0 Å². The monoisotopic (exact) mass is 339 g/mol. The molecule has 4 unspecified atom stereocenters. The maximum atomic E-state index is 12.2. The number of hydrogen-bond acceptors (Lipinski definition) is 5. The molecule has 0 spiro atoms. The van der Waals surface area contributed by atoms with Crippen LogP contribution in [0.1, 0.15) is 72.1 Å². The van der Waals surface area contributed by atoms with Gasteiger partial charge < -0.3 is 15.2 Å². The molecule has 2 N–H and O–H groups in total. The number of carbonyl (C=O) groups is 2. The Labute approximate surface area is 145 Å². The van der Waals surface area contributed by atoms with Gasteiger partial charge in [-0.25, -0.2) is 0 Å². The molecule has 4 atom stereocenters. The molecular formula is C19H33NO4. The van der Waals surface area contributed by atoms with Crippen molar-refractivity contribution in [1.82, 2.24) is 0 Å². The van der Waals surface area contributed by atoms with Crippen LogP contribution in [-0.4, -0.2) is 30.2 Å². The van der Waals surface area contributed by atoms with E-state index in [-0.39, 0.29) is 29.9 Å². The van der Waals surface area contributed by atoms with Gasteiger partial charge in [-0.2, -0.15) is 0 Å². The average molecular weight is 339 g/mol. The van der Waals surface area contributed by atoms with E-state index < -0.39 is 12.1 Å². The van der Waals surface area contributed by atoms with Crippen molar-refractivity contribution in [2.45, 2.75) is 90.4 Å². The van der Waals surface area contributed by atoms with Gasteiger partial charge in [-0.15, -0.1) is 0 Å². The average Bonchev–Trinajstić information content (AvgIpc) is 3.03. The Kier molecular flexibility index (Phi) is 7.08. The van der Waals surface area contributed by atoms with E-state index in [2.05, 4.69) is 0 Å². The van der Waals surface area contributed by atoms with Gasteiger partial charge in [0.15, 0.2) is 0 Å². The molecule has 0 aromatic rings. The molecule has 1 heterocycles. The van der Waals surface area contributed by atoms with Crippen LogP contribution >= 0.6 is 0 Å². The van der Waals surface area contributed by atoms with E-state index in [1.807, 2.05) is 20.8 Å². The topological polar surface area (TPSA) is 78.6 Å². The lowest BCUT2D eigenvalue weighted by molar-refractivity contribution is -0.174. The van der Waals surface area contributed by atoms with E-state index in [0.29, 0.717) is 12.3 Å². The lowest BCUT2D eigenvalue weighted by atomic mass is 9.83. The standard InChI is InChI=1S/C19H33NO4/c1-12(2)18(21)24-17-13(3)23-19(22)16(20)10-6-9-15(17)11-14-7-4-5-8-14/h12-17H,4-11,20H2,1-3H3. The highest BCUT2D eigenvalue weighted by Gasteiger charge is 2.37. The molecule has 2 fully saturated rings. The largest absolute Gasteiger partial charge is 0.458 e. The van der Waals surface area contributed by atoms with Crippen molar-refractivity contribution >= 4 is 11.9 Å². The number of carbonyl (C=O) groups excluding carboxylic acids is 2. The number of esters is 2. The summed E-state index contributed by atoms with van der Waals surface area (Å²) in [6.07, 6.45) is 7.78. The summed E-state index contributed by atoms with van der Waals surface area (Å²) in [4.78, 5) is 24.2. The normalized spacial score (nSPS) is 32.8. The first-order chi connectivity index (χ1) is 11.4. The van der Waals surface area contributed by atoms with E-state index in [4.69, 9.17) is 15.2 Å². The molecule has 1 aliphatic heterocycles. The molecular weight excluding hydrogens is 306 g/mol. The van der Waals surface area contributed by atoms with Crippen LogP contribution < -0.4 is 5.73 Å². The number of nitrogens with two attached hydrogens (primary N) is 1. The third kappa shape index (κ3) is 5.20. The second kappa shape index (κ2) is 8.84. The molecule has 5 heteroatoms. The summed E-state index contributed by atoms with van der Waals surface area (Å²) in [5, 5.41) is 0. The summed E-state index contributed by atoms with van der Waals surface area (Å²) in [5.41, 5.74) is 5.90. The van der Waals surface area contributed by atoms with E-state index in [1.54, 1.807) is 0 Å². The fourth-order valence-electron chi connectivity index (χ4n) is 3.99. The van der Waals surface area contributed by atoms with Crippen LogP contribution in [0, 0.1) is 17.8 Å². The van der Waals surface area contributed by atoms with Crippen molar-refractivity contribution in [2.24, 2.45) is 23.5 Å². The third-order valence-corrected chi connectivity index (χ3v) is 5.46. The fraction of sp³-hybridized carbons (Fsp3) is 0.895. The van der Waals surface area contributed by atoms with E-state index in [1.165, 1.54) is 25.7 Å². The molecule has 1 saturated heterocycles. The zero-order chi connectivity index (χ0) is 17.7. The van der Waals surface area contributed by atoms with Gasteiger partial charge in [-0.3, -0.25) is 9.59 Å². The minimum atomic E-state index is -0.570. The van der Waals surface area contributed by atoms with Crippen molar-refractivity contribution in [1.29, 1.82) is 0 Å². The van der Waals surface area contributed by atoms with E-state index in [0.717, 1.165) is 19.3 Å². The first kappa shape index (κ1) is 19.2. The Balaban J connectivity index is 2.15. The molecule has 138 valence electrons. The molecule has 0 amide bonds. The zero-order valence-corrected chi connectivity index (χ0v) is 15.3. The van der Waals surface area contributed by atoms with Gasteiger partial charge in [0, 0.05) is 0 Å². The second-order valence-electron chi connectivity index (χ2n) is 7.88. The highest BCUT2D eigenvalue weighted by molar-refractivity contribution is 5.75. The van der Waals surface area contributed by atoms with Gasteiger partial charge in [0.25, 0.3) is 0 Å². The van der Waals surface area contributed by atoms with Gasteiger partial charge in [-0.05, 0) is 38.0 Å². The highest BCUT2D eigenvalue weighted by Crippen LogP contribution is 2.36. The van der Waals surface area contributed by atoms with Gasteiger partial charge in [0.05, 0.1) is 5.92 Å². The van der Waals surface area contributed by atoms with Gasteiger partial charge in [-0.1, -0.05) is 46.0 Å². The molecule has 0 radical (unpaired) electrons. The van der Waals surface area contributed by atoms with Gasteiger partial charge in [0.1, 0.15) is 18.2 Å². The maximum absolute atomic E-state index is 12.2. The van der Waals surface area contributed by atoms with E-state index >= 15 is 0 Å². The Bertz CT molecular complexity index is 431. The van der Waals surface area contributed by atoms with Crippen LogP contribution in [0.4, 0.5) is 0 Å². The maximum Gasteiger partial charge on any atom is 0.323 e. The molecule has 24 heavy (non-hydrogen) atoms. The molecule has 0 bridgehead atoms. The summed E-state index contributed by atoms with van der Waals surface area (Å²) in [6, 6.07) is -0.570. The SMILES string of the molecule is CC(C)C(=O)OC1C(CC2CCCC2)CCCC(N)C(=O)OC1C. The number of hydrogen-bond donors (Lipinski definition) is 1. The molecule has 5 nitrogen and oxygen atoms in total. The minimum Gasteiger partial charge on any atom is -0.458 e. The molecule has 0 aromatic heterocycles. The summed E-state index contributed by atoms with van der Waals surface area (Å²) in [5.74, 6) is 0.156. The summed E-state index contributed by atoms with van der Waals surface area (Å²) >= 11 is 0. The number of ether oxygens (including phenoxy) is 2. The lowest BCUT2D eigenvalue weighted by Gasteiger charge is -2.32. The smallest absolute Gasteiger partial charge is 0.323 e. The fourth-order valence-corrected chi connectivity index (χ4v) is 3.99. The van der Waals surface area contributed by atoms with Crippen LogP contribution in [0.3, 0.4) is 0 Å². The predicted octanol–water partition coefficient (Wildman–Crippen LogP) is 3.19. The zero-order valence-electron chi connectivity index (χ0n) is 15.3. The number of cyclic esters (lactones) is 1. The van der Waals surface area contributed by atoms with Crippen LogP contribution in [0.2, 0.25) is 0 Å². The van der Waals surface area contributed by atoms with Crippen molar-refractivity contribution in [3.05, 3.63) is 0 Å². The quantitative estimate of drug-likeness (QED) is 0.796. The Morgan fingerprint density at radius 2 is 1.88 bits per heavy atom. The van der Waals surface area contributed by atoms with E-state index in [9.17, 15) is 9.59 Å². The van der Waals surface area contributed by atoms with Crippen molar-refractivity contribution in [3.63, 3.8) is 0 Å². The Morgan fingerprint density at radius 3 is 2.50 bits per heavy atom. The predicted molar refractivity (Wildman–Crippen MR) is 92.2 cm³/mol. The molecule has 2 rings (SSSR count). The second-order valence-corrected chi connectivity index (χ2v) is 7.88. The minimum absolute atomic E-state index is 0.185. The van der Waals surface area contributed by atoms with Crippen LogP contribution in [-0.2, 0) is 19.1 Å². The Morgan fingerprint density at radius 1 is 1.21 bits per heavy atom. The third-order valence-electron chi connectivity index (χ3n) is 5.46. The lowest BCUT2D eigenvalue weighted by Crippen LogP contribution is -2.42. The highest BCUT2D eigenvalue weighted by atomic mass is 16.6. The summed E-state index contributed by atoms with van der Waals surface area (Å²) in [7, 11) is 0.